The van der Waals surface area contributed by atoms with E-state index in [9.17, 15) is 9.59 Å². The predicted octanol–water partition coefficient (Wildman–Crippen LogP) is 3.39. The highest BCUT2D eigenvalue weighted by Gasteiger charge is 2.31. The van der Waals surface area contributed by atoms with Crippen LogP contribution < -0.4 is 5.32 Å². The summed E-state index contributed by atoms with van der Waals surface area (Å²) in [5.74, 6) is 0.408. The summed E-state index contributed by atoms with van der Waals surface area (Å²) in [4.78, 5) is 32.8. The van der Waals surface area contributed by atoms with Crippen molar-refractivity contribution in [1.29, 1.82) is 0 Å². The van der Waals surface area contributed by atoms with Gasteiger partial charge in [0.25, 0.3) is 0 Å². The molecule has 0 spiro atoms. The van der Waals surface area contributed by atoms with Crippen molar-refractivity contribution in [3.8, 4) is 0 Å². The number of ketones is 1. The first kappa shape index (κ1) is 15.3. The van der Waals surface area contributed by atoms with E-state index >= 15 is 0 Å². The minimum Gasteiger partial charge on any atom is -0.294 e. The van der Waals surface area contributed by atoms with Crippen molar-refractivity contribution >= 4 is 29.2 Å². The first-order valence-electron chi connectivity index (χ1n) is 8.05. The van der Waals surface area contributed by atoms with Crippen molar-refractivity contribution in [3.05, 3.63) is 52.3 Å². The Morgan fingerprint density at radius 1 is 1.25 bits per heavy atom. The first-order valence-corrected chi connectivity index (χ1v) is 8.43. The van der Waals surface area contributed by atoms with Crippen LogP contribution in [0.25, 0.3) is 0 Å². The summed E-state index contributed by atoms with van der Waals surface area (Å²) in [6, 6.07) is 7.57. The molecule has 6 heteroatoms. The van der Waals surface area contributed by atoms with E-state index in [1.165, 1.54) is 6.20 Å². The smallest absolute Gasteiger partial charge is 0.229 e. The highest BCUT2D eigenvalue weighted by molar-refractivity contribution is 6.30. The lowest BCUT2D eigenvalue weighted by molar-refractivity contribution is -0.117. The third kappa shape index (κ3) is 3.04. The molecule has 1 amide bonds. The van der Waals surface area contributed by atoms with Crippen LogP contribution in [0.1, 0.15) is 46.8 Å². The molecule has 2 aliphatic carbocycles. The molecule has 0 saturated heterocycles. The summed E-state index contributed by atoms with van der Waals surface area (Å²) in [5, 5.41) is 3.40. The zero-order valence-electron chi connectivity index (χ0n) is 13.0. The molecular weight excluding hydrogens is 326 g/mol. The van der Waals surface area contributed by atoms with Gasteiger partial charge in [-0.1, -0.05) is 23.7 Å². The van der Waals surface area contributed by atoms with Gasteiger partial charge in [0, 0.05) is 23.6 Å². The second-order valence-electron chi connectivity index (χ2n) is 6.40. The highest BCUT2D eigenvalue weighted by Crippen LogP contribution is 2.33. The van der Waals surface area contributed by atoms with Gasteiger partial charge in [-0.05, 0) is 42.9 Å². The van der Waals surface area contributed by atoms with E-state index in [0.717, 1.165) is 18.4 Å². The molecule has 0 unspecified atom stereocenters. The summed E-state index contributed by atoms with van der Waals surface area (Å²) >= 11 is 6.06. The van der Waals surface area contributed by atoms with E-state index in [1.807, 2.05) is 24.3 Å². The van der Waals surface area contributed by atoms with E-state index in [1.54, 1.807) is 0 Å². The van der Waals surface area contributed by atoms with Crippen LogP contribution >= 0.6 is 11.6 Å². The fourth-order valence-corrected chi connectivity index (χ4v) is 3.26. The third-order valence-electron chi connectivity index (χ3n) is 4.54. The first-order chi connectivity index (χ1) is 11.6. The number of anilines is 1. The van der Waals surface area contributed by atoms with Crippen LogP contribution in [0.4, 0.5) is 5.95 Å². The second kappa shape index (κ2) is 5.98. The van der Waals surface area contributed by atoms with Crippen molar-refractivity contribution in [2.24, 2.45) is 5.92 Å². The lowest BCUT2D eigenvalue weighted by Gasteiger charge is -2.23. The number of carbonyl (C=O) groups is 2. The molecule has 5 nitrogen and oxygen atoms in total. The lowest BCUT2D eigenvalue weighted by Crippen LogP contribution is -2.22. The maximum absolute atomic E-state index is 12.4. The average Bonchev–Trinajstić information content (AvgIpc) is 3.39. The predicted molar refractivity (Wildman–Crippen MR) is 90.2 cm³/mol. The quantitative estimate of drug-likeness (QED) is 0.928. The van der Waals surface area contributed by atoms with Crippen molar-refractivity contribution < 1.29 is 9.59 Å². The van der Waals surface area contributed by atoms with Crippen molar-refractivity contribution in [2.75, 3.05) is 5.32 Å². The van der Waals surface area contributed by atoms with Crippen LogP contribution in [0.15, 0.2) is 30.5 Å². The number of carbonyl (C=O) groups excluding carboxylic acids is 2. The topological polar surface area (TPSA) is 72.0 Å². The molecule has 1 aromatic heterocycles. The zero-order valence-corrected chi connectivity index (χ0v) is 13.7. The van der Waals surface area contributed by atoms with Crippen LogP contribution in [0, 0.1) is 5.92 Å². The Hall–Kier alpha value is -2.27. The Labute approximate surface area is 144 Å². The van der Waals surface area contributed by atoms with Gasteiger partial charge in [0.2, 0.25) is 11.9 Å². The van der Waals surface area contributed by atoms with Crippen LogP contribution in [-0.4, -0.2) is 21.7 Å². The molecule has 0 bridgehead atoms. The Morgan fingerprint density at radius 3 is 2.83 bits per heavy atom. The molecule has 24 heavy (non-hydrogen) atoms. The Bertz CT molecular complexity index is 833. The number of benzene rings is 1. The molecule has 2 aromatic rings. The van der Waals surface area contributed by atoms with Crippen LogP contribution in [0.2, 0.25) is 5.02 Å². The molecule has 1 N–H and O–H groups in total. The largest absolute Gasteiger partial charge is 0.294 e. The van der Waals surface area contributed by atoms with Crippen LogP contribution in [0.5, 0.6) is 0 Å². The third-order valence-corrected chi connectivity index (χ3v) is 4.78. The van der Waals surface area contributed by atoms with E-state index in [4.69, 9.17) is 11.6 Å². The summed E-state index contributed by atoms with van der Waals surface area (Å²) < 4.78 is 0. The fourth-order valence-electron chi connectivity index (χ4n) is 3.06. The molecular formula is C18H16ClN3O2. The molecule has 122 valence electrons. The van der Waals surface area contributed by atoms with E-state index < -0.39 is 0 Å². The Morgan fingerprint density at radius 2 is 2.08 bits per heavy atom. The number of hydrogen-bond acceptors (Lipinski definition) is 4. The molecule has 4 rings (SSSR count). The standard InChI is InChI=1S/C18H16ClN3O2/c19-13-3-1-2-11(6-13)12-7-15-14(16(23)8-12)9-20-18(21-15)22-17(24)10-4-5-10/h1-3,6,9-10,12H,4-5,7-8H2,(H,20,21,22,24)/t12-/m0/s1. The molecule has 1 saturated carbocycles. The average molecular weight is 342 g/mol. The van der Waals surface area contributed by atoms with Gasteiger partial charge in [-0.3, -0.25) is 14.9 Å². The van der Waals surface area contributed by atoms with Gasteiger partial charge in [-0.2, -0.15) is 0 Å². The van der Waals surface area contributed by atoms with Gasteiger partial charge in [0.1, 0.15) is 0 Å². The minimum absolute atomic E-state index is 0.0290. The zero-order chi connectivity index (χ0) is 16.7. The number of fused-ring (bicyclic) bond motifs is 1. The number of aromatic nitrogens is 2. The van der Waals surface area contributed by atoms with E-state index in [-0.39, 0.29) is 29.5 Å². The Balaban J connectivity index is 1.60. The molecule has 1 aromatic carbocycles. The normalized spacial score (nSPS) is 19.7. The number of nitrogens with zero attached hydrogens (tertiary/aromatic N) is 2. The fraction of sp³-hybridized carbons (Fsp3) is 0.333. The minimum atomic E-state index is -0.0384. The Kier molecular flexibility index (Phi) is 3.81. The number of halogens is 1. The molecule has 2 aliphatic rings. The van der Waals surface area contributed by atoms with Gasteiger partial charge >= 0.3 is 0 Å². The highest BCUT2D eigenvalue weighted by atomic mass is 35.5. The maximum atomic E-state index is 12.4. The summed E-state index contributed by atoms with van der Waals surface area (Å²) in [5.41, 5.74) is 2.28. The van der Waals surface area contributed by atoms with Gasteiger partial charge < -0.3 is 0 Å². The van der Waals surface area contributed by atoms with Gasteiger partial charge in [-0.25, -0.2) is 9.97 Å². The molecule has 0 aliphatic heterocycles. The number of rotatable bonds is 3. The summed E-state index contributed by atoms with van der Waals surface area (Å²) in [6.07, 6.45) is 4.43. The molecule has 0 radical (unpaired) electrons. The lowest BCUT2D eigenvalue weighted by atomic mass is 9.82. The number of Topliss-reactive ketones (excluding diaryl/α,β-unsaturated/α-hetero) is 1. The van der Waals surface area contributed by atoms with Gasteiger partial charge in [0.15, 0.2) is 5.78 Å². The summed E-state index contributed by atoms with van der Waals surface area (Å²) in [6.45, 7) is 0. The van der Waals surface area contributed by atoms with E-state index in [0.29, 0.717) is 29.1 Å². The van der Waals surface area contributed by atoms with Crippen molar-refractivity contribution in [1.82, 2.24) is 9.97 Å². The van der Waals surface area contributed by atoms with Crippen LogP contribution in [-0.2, 0) is 11.2 Å². The molecule has 1 atom stereocenters. The molecule has 1 fully saturated rings. The summed E-state index contributed by atoms with van der Waals surface area (Å²) in [7, 11) is 0. The van der Waals surface area contributed by atoms with Crippen molar-refractivity contribution in [2.45, 2.75) is 31.6 Å². The SMILES string of the molecule is O=C1C[C@@H](c2cccc(Cl)c2)Cc2nc(NC(=O)C3CC3)ncc21. The number of nitrogens with one attached hydrogen (secondary N) is 1. The number of hydrogen-bond donors (Lipinski definition) is 1. The second-order valence-corrected chi connectivity index (χ2v) is 6.84. The van der Waals surface area contributed by atoms with Crippen LogP contribution in [0.3, 0.4) is 0 Å². The van der Waals surface area contributed by atoms with E-state index in [2.05, 4.69) is 15.3 Å². The monoisotopic (exact) mass is 341 g/mol. The molecule has 1 heterocycles. The number of amides is 1. The maximum Gasteiger partial charge on any atom is 0.229 e. The van der Waals surface area contributed by atoms with Gasteiger partial charge in [-0.15, -0.1) is 0 Å². The van der Waals surface area contributed by atoms with Crippen molar-refractivity contribution in [3.63, 3.8) is 0 Å². The van der Waals surface area contributed by atoms with Gasteiger partial charge in [0.05, 0.1) is 11.3 Å².